The molecule has 0 aliphatic heterocycles. The average Bonchev–Trinajstić information content (AvgIpc) is 3.11. The van der Waals surface area contributed by atoms with Gasteiger partial charge in [0.15, 0.2) is 5.11 Å². The molecular formula is C17H27N6S+. The van der Waals surface area contributed by atoms with Gasteiger partial charge in [-0.3, -0.25) is 0 Å². The van der Waals surface area contributed by atoms with Crippen LogP contribution < -0.4 is 10.2 Å². The van der Waals surface area contributed by atoms with Gasteiger partial charge in [0.25, 0.3) is 0 Å². The number of thiocarbonyl (C=S) groups is 1. The number of hydrogen-bond donors (Lipinski definition) is 2. The molecule has 0 aliphatic carbocycles. The lowest BCUT2D eigenvalue weighted by Crippen LogP contribution is -3.05. The molecule has 2 rings (SSSR count). The zero-order valence-corrected chi connectivity index (χ0v) is 15.7. The van der Waals surface area contributed by atoms with Crippen LogP contribution in [0.15, 0.2) is 36.9 Å². The molecule has 0 amide bonds. The predicted molar refractivity (Wildman–Crippen MR) is 100 cm³/mol. The standard InChI is InChI=1S/C17H26N6S/c1-14(22(4)17(24)19-10-5-11-21(2)3)15-6-8-16(9-7-15)23-13-18-12-20-23/h6-9,12-14H,5,10-11H2,1-4H3,(H,19,24)/p+1/t14-/m0/s1. The van der Waals surface area contributed by atoms with Crippen molar-refractivity contribution < 1.29 is 4.90 Å². The summed E-state index contributed by atoms with van der Waals surface area (Å²) in [4.78, 5) is 7.53. The molecule has 2 N–H and O–H groups in total. The molecule has 2 aromatic rings. The number of nitrogens with one attached hydrogen (secondary N) is 2. The fourth-order valence-electron chi connectivity index (χ4n) is 2.41. The van der Waals surface area contributed by atoms with Gasteiger partial charge in [-0.2, -0.15) is 5.10 Å². The molecular weight excluding hydrogens is 320 g/mol. The van der Waals surface area contributed by atoms with Gasteiger partial charge in [-0.05, 0) is 36.8 Å². The molecule has 1 heterocycles. The maximum absolute atomic E-state index is 5.51. The van der Waals surface area contributed by atoms with Crippen molar-refractivity contribution in [2.45, 2.75) is 19.4 Å². The van der Waals surface area contributed by atoms with E-state index in [4.69, 9.17) is 12.2 Å². The fraction of sp³-hybridized carbons (Fsp3) is 0.471. The van der Waals surface area contributed by atoms with Crippen molar-refractivity contribution in [1.82, 2.24) is 25.0 Å². The van der Waals surface area contributed by atoms with Gasteiger partial charge >= 0.3 is 0 Å². The minimum absolute atomic E-state index is 0.203. The normalized spacial score (nSPS) is 12.2. The Morgan fingerprint density at radius 2 is 2.04 bits per heavy atom. The smallest absolute Gasteiger partial charge is 0.169 e. The third kappa shape index (κ3) is 5.01. The van der Waals surface area contributed by atoms with E-state index in [9.17, 15) is 0 Å². The number of quaternary nitrogens is 1. The molecule has 7 heteroatoms. The van der Waals surface area contributed by atoms with E-state index in [-0.39, 0.29) is 6.04 Å². The van der Waals surface area contributed by atoms with Crippen molar-refractivity contribution in [2.75, 3.05) is 34.2 Å². The molecule has 1 aromatic heterocycles. The van der Waals surface area contributed by atoms with Gasteiger partial charge in [-0.1, -0.05) is 12.1 Å². The van der Waals surface area contributed by atoms with Crippen LogP contribution in [-0.4, -0.2) is 59.0 Å². The van der Waals surface area contributed by atoms with Crippen LogP contribution in [0.25, 0.3) is 5.69 Å². The Hall–Kier alpha value is -1.99. The van der Waals surface area contributed by atoms with Gasteiger partial charge in [-0.25, -0.2) is 9.67 Å². The van der Waals surface area contributed by atoms with E-state index in [1.165, 1.54) is 16.8 Å². The van der Waals surface area contributed by atoms with Gasteiger partial charge in [0, 0.05) is 20.0 Å². The first-order chi connectivity index (χ1) is 11.5. The molecule has 1 aromatic carbocycles. The second-order valence-electron chi connectivity index (χ2n) is 6.26. The van der Waals surface area contributed by atoms with E-state index >= 15 is 0 Å². The van der Waals surface area contributed by atoms with E-state index in [1.807, 2.05) is 19.2 Å². The lowest BCUT2D eigenvalue weighted by Gasteiger charge is -2.28. The third-order valence-corrected chi connectivity index (χ3v) is 4.52. The van der Waals surface area contributed by atoms with Gasteiger partial charge in [0.1, 0.15) is 12.7 Å². The van der Waals surface area contributed by atoms with Crippen LogP contribution in [0.1, 0.15) is 24.9 Å². The topological polar surface area (TPSA) is 50.4 Å². The van der Waals surface area contributed by atoms with Crippen molar-refractivity contribution in [1.29, 1.82) is 0 Å². The summed E-state index contributed by atoms with van der Waals surface area (Å²) in [5.41, 5.74) is 2.21. The minimum atomic E-state index is 0.203. The van der Waals surface area contributed by atoms with E-state index in [0.717, 1.165) is 30.3 Å². The molecule has 130 valence electrons. The molecule has 0 bridgehead atoms. The molecule has 0 radical (unpaired) electrons. The lowest BCUT2D eigenvalue weighted by molar-refractivity contribution is -0.858. The van der Waals surface area contributed by atoms with Crippen molar-refractivity contribution >= 4 is 17.3 Å². The van der Waals surface area contributed by atoms with Crippen molar-refractivity contribution in [3.63, 3.8) is 0 Å². The van der Waals surface area contributed by atoms with Crippen molar-refractivity contribution in [2.24, 2.45) is 0 Å². The molecule has 0 saturated heterocycles. The second kappa shape index (κ2) is 8.75. The fourth-order valence-corrected chi connectivity index (χ4v) is 2.67. The first kappa shape index (κ1) is 18.4. The Morgan fingerprint density at radius 3 is 2.62 bits per heavy atom. The van der Waals surface area contributed by atoms with Crippen molar-refractivity contribution in [3.05, 3.63) is 42.5 Å². The van der Waals surface area contributed by atoms with Gasteiger partial charge in [-0.15, -0.1) is 0 Å². The quantitative estimate of drug-likeness (QED) is 0.570. The highest BCUT2D eigenvalue weighted by Gasteiger charge is 2.14. The third-order valence-electron chi connectivity index (χ3n) is 4.09. The van der Waals surface area contributed by atoms with Gasteiger partial charge in [0.05, 0.1) is 32.4 Å². The molecule has 1 atom stereocenters. The number of aromatic nitrogens is 3. The summed E-state index contributed by atoms with van der Waals surface area (Å²) < 4.78 is 1.75. The number of rotatable bonds is 7. The molecule has 0 spiro atoms. The summed E-state index contributed by atoms with van der Waals surface area (Å²) in [5.74, 6) is 0. The van der Waals surface area contributed by atoms with Gasteiger partial charge in [0.2, 0.25) is 0 Å². The average molecular weight is 348 g/mol. The van der Waals surface area contributed by atoms with Gasteiger partial charge < -0.3 is 15.1 Å². The van der Waals surface area contributed by atoms with Crippen LogP contribution in [0.5, 0.6) is 0 Å². The summed E-state index contributed by atoms with van der Waals surface area (Å²) in [6.07, 6.45) is 4.34. The van der Waals surface area contributed by atoms with E-state index < -0.39 is 0 Å². The summed E-state index contributed by atoms with van der Waals surface area (Å²) >= 11 is 5.51. The largest absolute Gasteiger partial charge is 0.362 e. The molecule has 0 saturated carbocycles. The van der Waals surface area contributed by atoms with Crippen LogP contribution in [0.4, 0.5) is 0 Å². The second-order valence-corrected chi connectivity index (χ2v) is 6.65. The van der Waals surface area contributed by atoms with Crippen LogP contribution in [0.2, 0.25) is 0 Å². The number of nitrogens with zero attached hydrogens (tertiary/aromatic N) is 4. The highest BCUT2D eigenvalue weighted by Crippen LogP contribution is 2.20. The zero-order valence-electron chi connectivity index (χ0n) is 14.9. The Bertz CT molecular complexity index is 623. The lowest BCUT2D eigenvalue weighted by atomic mass is 10.1. The Labute approximate surface area is 149 Å². The summed E-state index contributed by atoms with van der Waals surface area (Å²) in [6, 6.07) is 8.51. The molecule has 24 heavy (non-hydrogen) atoms. The van der Waals surface area contributed by atoms with Crippen LogP contribution in [0, 0.1) is 0 Å². The first-order valence-corrected chi connectivity index (χ1v) is 8.64. The minimum Gasteiger partial charge on any atom is -0.362 e. The SMILES string of the molecule is C[C@@H](c1ccc(-n2cncn2)cc1)N(C)C(=S)NCCC[NH+](C)C. The highest BCUT2D eigenvalue weighted by molar-refractivity contribution is 7.80. The number of hydrogen-bond acceptors (Lipinski definition) is 3. The molecule has 6 nitrogen and oxygen atoms in total. The summed E-state index contributed by atoms with van der Waals surface area (Å²) in [6.45, 7) is 4.20. The molecule has 0 aliphatic rings. The molecule has 0 fully saturated rings. The maximum atomic E-state index is 5.51. The Kier molecular flexibility index (Phi) is 6.69. The van der Waals surface area contributed by atoms with E-state index in [2.05, 4.69) is 53.5 Å². The highest BCUT2D eigenvalue weighted by atomic mass is 32.1. The maximum Gasteiger partial charge on any atom is 0.169 e. The monoisotopic (exact) mass is 347 g/mol. The van der Waals surface area contributed by atoms with Crippen LogP contribution in [0.3, 0.4) is 0 Å². The molecule has 0 unspecified atom stereocenters. The van der Waals surface area contributed by atoms with Crippen LogP contribution in [-0.2, 0) is 0 Å². The Balaban J connectivity index is 1.90. The summed E-state index contributed by atoms with van der Waals surface area (Å²) in [5, 5.41) is 8.27. The Morgan fingerprint density at radius 1 is 1.33 bits per heavy atom. The number of benzene rings is 1. The predicted octanol–water partition coefficient (Wildman–Crippen LogP) is 0.669. The first-order valence-electron chi connectivity index (χ1n) is 8.23. The van der Waals surface area contributed by atoms with Crippen molar-refractivity contribution in [3.8, 4) is 5.69 Å². The van der Waals surface area contributed by atoms with E-state index in [1.54, 1.807) is 11.0 Å². The van der Waals surface area contributed by atoms with E-state index in [0.29, 0.717) is 0 Å². The summed E-state index contributed by atoms with van der Waals surface area (Å²) in [7, 11) is 6.35. The van der Waals surface area contributed by atoms with Crippen LogP contribution >= 0.6 is 12.2 Å². The zero-order chi connectivity index (χ0) is 17.5.